The number of benzene rings is 2. The van der Waals surface area contributed by atoms with Crippen molar-refractivity contribution in [3.63, 3.8) is 0 Å². The van der Waals surface area contributed by atoms with Gasteiger partial charge in [-0.2, -0.15) is 0 Å². The van der Waals surface area contributed by atoms with E-state index in [0.717, 1.165) is 5.69 Å². The van der Waals surface area contributed by atoms with Crippen molar-refractivity contribution in [3.05, 3.63) is 64.2 Å². The van der Waals surface area contributed by atoms with Gasteiger partial charge in [-0.1, -0.05) is 35.9 Å². The molecule has 6 heteroatoms. The first-order valence-electron chi connectivity index (χ1n) is 8.63. The highest BCUT2D eigenvalue weighted by atomic mass is 35.5. The Balaban J connectivity index is 1.60. The van der Waals surface area contributed by atoms with E-state index in [4.69, 9.17) is 23.8 Å². The molecule has 4 nitrogen and oxygen atoms in total. The van der Waals surface area contributed by atoms with Gasteiger partial charge in [0.25, 0.3) is 5.91 Å². The molecule has 0 aromatic heterocycles. The van der Waals surface area contributed by atoms with E-state index >= 15 is 0 Å². The number of carbonyl (C=O) groups is 1. The Morgan fingerprint density at radius 3 is 2.35 bits per heavy atom. The summed E-state index contributed by atoms with van der Waals surface area (Å²) < 4.78 is 0. The maximum atomic E-state index is 12.6. The number of hydrogen-bond donors (Lipinski definition) is 1. The van der Waals surface area contributed by atoms with Gasteiger partial charge in [-0.25, -0.2) is 0 Å². The lowest BCUT2D eigenvalue weighted by atomic mass is 10.1. The summed E-state index contributed by atoms with van der Waals surface area (Å²) in [6.07, 6.45) is 0. The van der Waals surface area contributed by atoms with Gasteiger partial charge in [0.2, 0.25) is 0 Å². The normalized spacial score (nSPS) is 14.3. The molecule has 2 aromatic carbocycles. The van der Waals surface area contributed by atoms with Crippen LogP contribution in [0, 0.1) is 13.8 Å². The lowest BCUT2D eigenvalue weighted by Gasteiger charge is -2.36. The molecule has 1 heterocycles. The van der Waals surface area contributed by atoms with Crippen LogP contribution in [0.25, 0.3) is 0 Å². The Labute approximate surface area is 164 Å². The quantitative estimate of drug-likeness (QED) is 0.786. The maximum absolute atomic E-state index is 12.6. The SMILES string of the molecule is Cc1cccc(NC(=S)N2CCN(C(=O)c3ccccc3Cl)CC2)c1C. The van der Waals surface area contributed by atoms with Crippen LogP contribution in [-0.4, -0.2) is 47.0 Å². The van der Waals surface area contributed by atoms with Crippen LogP contribution in [0.15, 0.2) is 42.5 Å². The summed E-state index contributed by atoms with van der Waals surface area (Å²) in [6, 6.07) is 13.3. The summed E-state index contributed by atoms with van der Waals surface area (Å²) >= 11 is 11.7. The Morgan fingerprint density at radius 1 is 1.00 bits per heavy atom. The van der Waals surface area contributed by atoms with Crippen molar-refractivity contribution in [2.24, 2.45) is 0 Å². The standard InChI is InChI=1S/C20H22ClN3OS/c1-14-6-5-9-18(15(14)2)22-20(26)24-12-10-23(11-13-24)19(25)16-7-3-4-8-17(16)21/h3-9H,10-13H2,1-2H3,(H,22,26). The summed E-state index contributed by atoms with van der Waals surface area (Å²) in [7, 11) is 0. The highest BCUT2D eigenvalue weighted by molar-refractivity contribution is 7.80. The molecule has 1 fully saturated rings. The van der Waals surface area contributed by atoms with E-state index in [1.54, 1.807) is 12.1 Å². The van der Waals surface area contributed by atoms with E-state index in [9.17, 15) is 4.79 Å². The van der Waals surface area contributed by atoms with Gasteiger partial charge in [-0.3, -0.25) is 4.79 Å². The van der Waals surface area contributed by atoms with Crippen LogP contribution in [0.1, 0.15) is 21.5 Å². The van der Waals surface area contributed by atoms with Crippen molar-refractivity contribution >= 4 is 40.5 Å². The van der Waals surface area contributed by atoms with Gasteiger partial charge in [-0.05, 0) is 55.4 Å². The zero-order valence-corrected chi connectivity index (χ0v) is 16.5. The number of piperazine rings is 1. The van der Waals surface area contributed by atoms with Crippen molar-refractivity contribution in [1.29, 1.82) is 0 Å². The number of anilines is 1. The van der Waals surface area contributed by atoms with Crippen LogP contribution < -0.4 is 5.32 Å². The lowest BCUT2D eigenvalue weighted by Crippen LogP contribution is -2.51. The minimum absolute atomic E-state index is 0.0244. The third-order valence-corrected chi connectivity index (χ3v) is 5.49. The predicted octanol–water partition coefficient (Wildman–Crippen LogP) is 4.11. The van der Waals surface area contributed by atoms with Crippen LogP contribution >= 0.6 is 23.8 Å². The third kappa shape index (κ3) is 4.00. The number of nitrogens with one attached hydrogen (secondary N) is 1. The maximum Gasteiger partial charge on any atom is 0.255 e. The molecule has 0 radical (unpaired) electrons. The Bertz CT molecular complexity index is 832. The number of carbonyl (C=O) groups excluding carboxylic acids is 1. The minimum Gasteiger partial charge on any atom is -0.345 e. The zero-order chi connectivity index (χ0) is 18.7. The van der Waals surface area contributed by atoms with Crippen molar-refractivity contribution in [2.45, 2.75) is 13.8 Å². The summed E-state index contributed by atoms with van der Waals surface area (Å²) in [4.78, 5) is 16.6. The summed E-state index contributed by atoms with van der Waals surface area (Å²) in [5.41, 5.74) is 4.01. The molecule has 0 unspecified atom stereocenters. The number of nitrogens with zero attached hydrogens (tertiary/aromatic N) is 2. The molecule has 1 saturated heterocycles. The van der Waals surface area contributed by atoms with Crippen LogP contribution in [0.3, 0.4) is 0 Å². The van der Waals surface area contributed by atoms with Crippen molar-refractivity contribution in [1.82, 2.24) is 9.80 Å². The van der Waals surface area contributed by atoms with Crippen LogP contribution in [0.5, 0.6) is 0 Å². The summed E-state index contributed by atoms with van der Waals surface area (Å²) in [5.74, 6) is -0.0244. The number of halogens is 1. The molecule has 26 heavy (non-hydrogen) atoms. The molecule has 136 valence electrons. The van der Waals surface area contributed by atoms with E-state index in [1.165, 1.54) is 11.1 Å². The summed E-state index contributed by atoms with van der Waals surface area (Å²) in [5, 5.41) is 4.53. The molecule has 0 spiro atoms. The van der Waals surface area contributed by atoms with Gasteiger partial charge in [0.15, 0.2) is 5.11 Å². The topological polar surface area (TPSA) is 35.6 Å². The molecule has 1 aliphatic heterocycles. The molecule has 3 rings (SSSR count). The molecule has 1 aliphatic rings. The Kier molecular flexibility index (Phi) is 5.79. The second kappa shape index (κ2) is 8.06. The third-order valence-electron chi connectivity index (χ3n) is 4.80. The number of amides is 1. The van der Waals surface area contributed by atoms with Gasteiger partial charge in [0.05, 0.1) is 10.6 Å². The van der Waals surface area contributed by atoms with Crippen molar-refractivity contribution < 1.29 is 4.79 Å². The monoisotopic (exact) mass is 387 g/mol. The fraction of sp³-hybridized carbons (Fsp3) is 0.300. The second-order valence-electron chi connectivity index (χ2n) is 6.44. The molecule has 1 N–H and O–H groups in total. The smallest absolute Gasteiger partial charge is 0.255 e. The van der Waals surface area contributed by atoms with Crippen molar-refractivity contribution in [3.8, 4) is 0 Å². The van der Waals surface area contributed by atoms with E-state index in [1.807, 2.05) is 29.2 Å². The van der Waals surface area contributed by atoms with Gasteiger partial charge in [0.1, 0.15) is 0 Å². The van der Waals surface area contributed by atoms with Gasteiger partial charge in [-0.15, -0.1) is 0 Å². The van der Waals surface area contributed by atoms with E-state index < -0.39 is 0 Å². The number of aryl methyl sites for hydroxylation is 1. The highest BCUT2D eigenvalue weighted by Gasteiger charge is 2.24. The summed E-state index contributed by atoms with van der Waals surface area (Å²) in [6.45, 7) is 6.82. The fourth-order valence-electron chi connectivity index (χ4n) is 3.00. The molecule has 0 bridgehead atoms. The molecule has 0 atom stereocenters. The van der Waals surface area contributed by atoms with Crippen LogP contribution in [0.2, 0.25) is 5.02 Å². The first-order chi connectivity index (χ1) is 12.5. The van der Waals surface area contributed by atoms with E-state index in [0.29, 0.717) is 41.9 Å². The van der Waals surface area contributed by atoms with Gasteiger partial charge < -0.3 is 15.1 Å². The second-order valence-corrected chi connectivity index (χ2v) is 7.23. The minimum atomic E-state index is -0.0244. The van der Waals surface area contributed by atoms with E-state index in [-0.39, 0.29) is 5.91 Å². The van der Waals surface area contributed by atoms with E-state index in [2.05, 4.69) is 30.1 Å². The van der Waals surface area contributed by atoms with Gasteiger partial charge >= 0.3 is 0 Å². The molecule has 2 aromatic rings. The molecular formula is C20H22ClN3OS. The predicted molar refractivity (Wildman–Crippen MR) is 111 cm³/mol. The first kappa shape index (κ1) is 18.7. The van der Waals surface area contributed by atoms with Crippen molar-refractivity contribution in [2.75, 3.05) is 31.5 Å². The molecule has 0 aliphatic carbocycles. The average Bonchev–Trinajstić information content (AvgIpc) is 2.65. The zero-order valence-electron chi connectivity index (χ0n) is 15.0. The fourth-order valence-corrected chi connectivity index (χ4v) is 3.51. The molecule has 1 amide bonds. The number of hydrogen-bond acceptors (Lipinski definition) is 2. The van der Waals surface area contributed by atoms with Gasteiger partial charge in [0, 0.05) is 31.9 Å². The Morgan fingerprint density at radius 2 is 1.65 bits per heavy atom. The molecular weight excluding hydrogens is 366 g/mol. The number of thiocarbonyl (C=S) groups is 1. The number of rotatable bonds is 2. The molecule has 0 saturated carbocycles. The first-order valence-corrected chi connectivity index (χ1v) is 9.42. The van der Waals surface area contributed by atoms with Crippen LogP contribution in [0.4, 0.5) is 5.69 Å². The lowest BCUT2D eigenvalue weighted by molar-refractivity contribution is 0.0693. The average molecular weight is 388 g/mol. The van der Waals surface area contributed by atoms with Crippen LogP contribution in [-0.2, 0) is 0 Å². The Hall–Kier alpha value is -2.11. The highest BCUT2D eigenvalue weighted by Crippen LogP contribution is 2.20. The largest absolute Gasteiger partial charge is 0.345 e.